The van der Waals surface area contributed by atoms with Crippen molar-refractivity contribution in [1.29, 1.82) is 0 Å². The van der Waals surface area contributed by atoms with Crippen molar-refractivity contribution < 1.29 is 0 Å². The standard InChI is InChI=1S/C6H14.C2H4N2S4/c1-3-5-6-4-2;3-1(5)7-8-2(4)6/h3-6H2,1-2H3;(H2,3,5)(H2,4,6). The Morgan fingerprint density at radius 2 is 1.21 bits per heavy atom. The fourth-order valence-electron chi connectivity index (χ4n) is 0.582. The lowest BCUT2D eigenvalue weighted by Gasteiger charge is -1.91. The second-order valence-electron chi connectivity index (χ2n) is 2.51. The third kappa shape index (κ3) is 22.9. The predicted molar refractivity (Wildman–Crippen MR) is 78.6 cm³/mol. The first kappa shape index (κ1) is 16.9. The summed E-state index contributed by atoms with van der Waals surface area (Å²) in [6.07, 6.45) is 5.54. The van der Waals surface area contributed by atoms with E-state index in [-0.39, 0.29) is 0 Å². The summed E-state index contributed by atoms with van der Waals surface area (Å²) in [4.78, 5) is 0. The Morgan fingerprint density at radius 1 is 0.929 bits per heavy atom. The van der Waals surface area contributed by atoms with Crippen LogP contribution in [0.3, 0.4) is 0 Å². The summed E-state index contributed by atoms with van der Waals surface area (Å²) < 4.78 is 0.700. The number of nitrogens with two attached hydrogens (primary N) is 2. The van der Waals surface area contributed by atoms with Crippen LogP contribution in [-0.2, 0) is 0 Å². The van der Waals surface area contributed by atoms with Gasteiger partial charge < -0.3 is 11.5 Å². The van der Waals surface area contributed by atoms with Crippen LogP contribution in [0.25, 0.3) is 0 Å². The molecule has 0 aromatic heterocycles. The van der Waals surface area contributed by atoms with E-state index in [1.165, 1.54) is 47.3 Å². The second kappa shape index (κ2) is 13.5. The van der Waals surface area contributed by atoms with E-state index >= 15 is 0 Å². The molecule has 84 valence electrons. The summed E-state index contributed by atoms with van der Waals surface area (Å²) in [6, 6.07) is 0. The number of thiocarbonyl (C=S) groups is 2. The van der Waals surface area contributed by atoms with Crippen molar-refractivity contribution in [2.24, 2.45) is 11.5 Å². The molecule has 0 aromatic carbocycles. The first-order chi connectivity index (χ1) is 6.54. The summed E-state index contributed by atoms with van der Waals surface area (Å²) in [5, 5.41) is 0. The summed E-state index contributed by atoms with van der Waals surface area (Å²) in [5.41, 5.74) is 10.2. The van der Waals surface area contributed by atoms with E-state index in [1.807, 2.05) is 0 Å². The number of rotatable bonds is 3. The van der Waals surface area contributed by atoms with Crippen LogP contribution >= 0.6 is 46.0 Å². The van der Waals surface area contributed by atoms with Gasteiger partial charge in [0, 0.05) is 0 Å². The van der Waals surface area contributed by atoms with Crippen LogP contribution < -0.4 is 11.5 Å². The van der Waals surface area contributed by atoms with Gasteiger partial charge in [0.2, 0.25) is 0 Å². The highest BCUT2D eigenvalue weighted by atomic mass is 33.1. The number of hydrogen-bond acceptors (Lipinski definition) is 4. The normalized spacial score (nSPS) is 8.71. The van der Waals surface area contributed by atoms with Crippen molar-refractivity contribution in [2.45, 2.75) is 39.5 Å². The summed E-state index contributed by atoms with van der Waals surface area (Å²) in [5.74, 6) is 0. The minimum atomic E-state index is 0.350. The molecule has 0 saturated heterocycles. The molecule has 0 amide bonds. The molecule has 0 unspecified atom stereocenters. The van der Waals surface area contributed by atoms with E-state index in [0.717, 1.165) is 0 Å². The predicted octanol–water partition coefficient (Wildman–Crippen LogP) is 3.44. The molecule has 2 nitrogen and oxygen atoms in total. The molecule has 0 saturated carbocycles. The maximum Gasteiger partial charge on any atom is 0.142 e. The third-order valence-electron chi connectivity index (χ3n) is 1.16. The number of hydrogen-bond donors (Lipinski definition) is 2. The first-order valence-corrected chi connectivity index (χ1v) is 7.44. The Balaban J connectivity index is 0. The highest BCUT2D eigenvalue weighted by Gasteiger charge is 1.91. The third-order valence-corrected chi connectivity index (χ3v) is 4.04. The molecular weight excluding hydrogens is 252 g/mol. The molecule has 0 bridgehead atoms. The van der Waals surface area contributed by atoms with Crippen molar-refractivity contribution in [3.63, 3.8) is 0 Å². The fourth-order valence-corrected chi connectivity index (χ4v) is 1.85. The maximum absolute atomic E-state index is 5.10. The van der Waals surface area contributed by atoms with Gasteiger partial charge >= 0.3 is 0 Å². The molecular formula is C8H18N2S4. The van der Waals surface area contributed by atoms with Crippen molar-refractivity contribution in [1.82, 2.24) is 0 Å². The monoisotopic (exact) mass is 270 g/mol. The fraction of sp³-hybridized carbons (Fsp3) is 0.750. The molecule has 0 aliphatic carbocycles. The van der Waals surface area contributed by atoms with Crippen molar-refractivity contribution >= 4 is 54.7 Å². The lowest BCUT2D eigenvalue weighted by Crippen LogP contribution is -2.04. The Labute approximate surface area is 105 Å². The molecule has 0 heterocycles. The van der Waals surface area contributed by atoms with E-state index in [0.29, 0.717) is 8.64 Å². The van der Waals surface area contributed by atoms with Gasteiger partial charge in [-0.2, -0.15) is 0 Å². The molecule has 0 radical (unpaired) electrons. The van der Waals surface area contributed by atoms with Crippen LogP contribution in [0.1, 0.15) is 39.5 Å². The van der Waals surface area contributed by atoms with Gasteiger partial charge in [0.1, 0.15) is 8.64 Å². The van der Waals surface area contributed by atoms with Crippen molar-refractivity contribution in [3.8, 4) is 0 Å². The smallest absolute Gasteiger partial charge is 0.142 e. The molecule has 0 rings (SSSR count). The van der Waals surface area contributed by atoms with Gasteiger partial charge in [-0.1, -0.05) is 64.0 Å². The minimum Gasteiger partial charge on any atom is -0.384 e. The van der Waals surface area contributed by atoms with Crippen molar-refractivity contribution in [3.05, 3.63) is 0 Å². The second-order valence-corrected chi connectivity index (χ2v) is 6.12. The lowest BCUT2D eigenvalue weighted by molar-refractivity contribution is 0.702. The zero-order valence-corrected chi connectivity index (χ0v) is 11.9. The Bertz CT molecular complexity index is 143. The SMILES string of the molecule is CCCCCC.NC(=S)SSC(N)=S. The van der Waals surface area contributed by atoms with Crippen LogP contribution in [0.2, 0.25) is 0 Å². The Hall–Kier alpha value is 0.480. The van der Waals surface area contributed by atoms with Gasteiger partial charge in [-0.25, -0.2) is 0 Å². The van der Waals surface area contributed by atoms with E-state index in [4.69, 9.17) is 11.5 Å². The minimum absolute atomic E-state index is 0.350. The van der Waals surface area contributed by atoms with Gasteiger partial charge in [-0.3, -0.25) is 0 Å². The lowest BCUT2D eigenvalue weighted by atomic mass is 10.2. The van der Waals surface area contributed by atoms with Gasteiger partial charge in [0.25, 0.3) is 0 Å². The highest BCUT2D eigenvalue weighted by molar-refractivity contribution is 8.89. The molecule has 0 atom stereocenters. The zero-order valence-electron chi connectivity index (χ0n) is 8.62. The maximum atomic E-state index is 5.10. The van der Waals surface area contributed by atoms with Crippen LogP contribution in [0.5, 0.6) is 0 Å². The van der Waals surface area contributed by atoms with Gasteiger partial charge in [-0.15, -0.1) is 0 Å². The molecule has 4 N–H and O–H groups in total. The topological polar surface area (TPSA) is 52.0 Å². The van der Waals surface area contributed by atoms with E-state index < -0.39 is 0 Å². The quantitative estimate of drug-likeness (QED) is 0.465. The van der Waals surface area contributed by atoms with E-state index in [9.17, 15) is 0 Å². The van der Waals surface area contributed by atoms with Crippen molar-refractivity contribution in [2.75, 3.05) is 0 Å². The molecule has 6 heteroatoms. The van der Waals surface area contributed by atoms with E-state index in [1.54, 1.807) is 0 Å². The zero-order chi connectivity index (χ0) is 11.4. The van der Waals surface area contributed by atoms with Gasteiger partial charge in [0.05, 0.1) is 0 Å². The van der Waals surface area contributed by atoms with Gasteiger partial charge in [-0.05, 0) is 21.6 Å². The summed E-state index contributed by atoms with van der Waals surface area (Å²) in [7, 11) is 2.40. The van der Waals surface area contributed by atoms with Crippen LogP contribution in [0.4, 0.5) is 0 Å². The van der Waals surface area contributed by atoms with Crippen LogP contribution in [0, 0.1) is 0 Å². The summed E-state index contributed by atoms with van der Waals surface area (Å²) >= 11 is 9.04. The number of unbranched alkanes of at least 4 members (excludes halogenated alkanes) is 3. The summed E-state index contributed by atoms with van der Waals surface area (Å²) in [6.45, 7) is 4.46. The Morgan fingerprint density at radius 3 is 1.36 bits per heavy atom. The van der Waals surface area contributed by atoms with Crippen LogP contribution in [-0.4, -0.2) is 8.64 Å². The molecule has 0 spiro atoms. The van der Waals surface area contributed by atoms with Crippen LogP contribution in [0.15, 0.2) is 0 Å². The molecule has 0 aliphatic rings. The van der Waals surface area contributed by atoms with Gasteiger partial charge in [0.15, 0.2) is 0 Å². The Kier molecular flexibility index (Phi) is 16.3. The molecule has 0 fully saturated rings. The molecule has 0 aromatic rings. The molecule has 14 heavy (non-hydrogen) atoms. The highest BCUT2D eigenvalue weighted by Crippen LogP contribution is 2.20. The largest absolute Gasteiger partial charge is 0.384 e. The molecule has 0 aliphatic heterocycles. The average Bonchev–Trinajstić information content (AvgIpc) is 2.12. The average molecular weight is 271 g/mol. The van der Waals surface area contributed by atoms with E-state index in [2.05, 4.69) is 38.3 Å². The first-order valence-electron chi connectivity index (χ1n) is 4.47.